The molecule has 4 rings (SSSR count). The molecule has 0 aromatic rings. The van der Waals surface area contributed by atoms with E-state index in [4.69, 9.17) is 18.9 Å². The van der Waals surface area contributed by atoms with Crippen molar-refractivity contribution in [2.45, 2.75) is 51.1 Å². The normalized spacial score (nSPS) is 39.6. The van der Waals surface area contributed by atoms with Crippen molar-refractivity contribution in [3.8, 4) is 0 Å². The summed E-state index contributed by atoms with van der Waals surface area (Å²) in [5, 5.41) is 10.7. The minimum absolute atomic E-state index is 0.0331. The van der Waals surface area contributed by atoms with E-state index in [0.717, 1.165) is 5.57 Å². The molecule has 8 heteroatoms. The van der Waals surface area contributed by atoms with Crippen LogP contribution in [-0.2, 0) is 33.3 Å². The Bertz CT molecular complexity index is 864. The molecular formula is C22H26O8. The van der Waals surface area contributed by atoms with Crippen LogP contribution in [0.3, 0.4) is 0 Å². The first-order chi connectivity index (χ1) is 14.1. The Morgan fingerprint density at radius 1 is 1.37 bits per heavy atom. The van der Waals surface area contributed by atoms with Crippen molar-refractivity contribution in [2.75, 3.05) is 13.2 Å². The molecule has 3 fully saturated rings. The quantitative estimate of drug-likeness (QED) is 0.239. The zero-order valence-electron chi connectivity index (χ0n) is 17.3. The minimum atomic E-state index is -0.717. The third-order valence-electron chi connectivity index (χ3n) is 6.66. The third-order valence-corrected chi connectivity index (χ3v) is 6.66. The highest BCUT2D eigenvalue weighted by atomic mass is 16.6. The lowest BCUT2D eigenvalue weighted by Gasteiger charge is -2.30. The third kappa shape index (κ3) is 3.37. The molecular weight excluding hydrogens is 392 g/mol. The molecule has 162 valence electrons. The highest BCUT2D eigenvalue weighted by Crippen LogP contribution is 2.58. The molecule has 2 aliphatic heterocycles. The van der Waals surface area contributed by atoms with E-state index in [1.165, 1.54) is 13.0 Å². The fraction of sp³-hybridized carbons (Fsp3) is 0.591. The van der Waals surface area contributed by atoms with Crippen LogP contribution in [0.15, 0.2) is 35.5 Å². The van der Waals surface area contributed by atoms with Crippen LogP contribution in [-0.4, -0.2) is 60.1 Å². The van der Waals surface area contributed by atoms with Crippen LogP contribution < -0.4 is 0 Å². The second-order valence-electron chi connectivity index (χ2n) is 8.56. The highest BCUT2D eigenvalue weighted by molar-refractivity contribution is 5.92. The second-order valence-corrected chi connectivity index (χ2v) is 8.56. The first-order valence-corrected chi connectivity index (χ1v) is 10.1. The highest BCUT2D eigenvalue weighted by Gasteiger charge is 2.67. The number of esters is 3. The fourth-order valence-corrected chi connectivity index (χ4v) is 5.14. The lowest BCUT2D eigenvalue weighted by molar-refractivity contribution is -0.149. The standard InChI is InChI=1S/C22H26O8/c1-10(5-6-27-13(4)23)20(25)29-15-8-22(9-28-22)18-14(24)7-11(2)16(18)19-17(15)12(3)21(26)30-19/h5,7,14-19,24H,3,6,8-9H2,1-2,4H3/b10-5-/t14-,15+,16-,17+,18+,19-,22-/m0/s1. The van der Waals surface area contributed by atoms with Gasteiger partial charge in [-0.25, -0.2) is 9.59 Å². The number of carbonyl (C=O) groups is 3. The van der Waals surface area contributed by atoms with E-state index in [0.29, 0.717) is 13.0 Å². The van der Waals surface area contributed by atoms with Crippen molar-refractivity contribution >= 4 is 17.9 Å². The second kappa shape index (κ2) is 7.35. The maximum atomic E-state index is 12.7. The zero-order chi connectivity index (χ0) is 21.8. The number of hydrogen-bond acceptors (Lipinski definition) is 8. The summed E-state index contributed by atoms with van der Waals surface area (Å²) in [5.41, 5.74) is 0.861. The number of hydrogen-bond donors (Lipinski definition) is 1. The van der Waals surface area contributed by atoms with Crippen molar-refractivity contribution in [3.05, 3.63) is 35.5 Å². The van der Waals surface area contributed by atoms with E-state index in [1.54, 1.807) is 13.0 Å². The van der Waals surface area contributed by atoms with Gasteiger partial charge in [0.1, 0.15) is 24.4 Å². The van der Waals surface area contributed by atoms with Gasteiger partial charge >= 0.3 is 17.9 Å². The molecule has 1 spiro atoms. The average Bonchev–Trinajstić information content (AvgIpc) is 3.30. The number of fused-ring (bicyclic) bond motifs is 4. The molecule has 0 unspecified atom stereocenters. The predicted octanol–water partition coefficient (Wildman–Crippen LogP) is 1.23. The molecule has 2 aliphatic carbocycles. The fourth-order valence-electron chi connectivity index (χ4n) is 5.14. The van der Waals surface area contributed by atoms with Gasteiger partial charge in [0.25, 0.3) is 0 Å². The maximum Gasteiger partial charge on any atom is 0.334 e. The molecule has 0 aromatic heterocycles. The van der Waals surface area contributed by atoms with Crippen molar-refractivity contribution in [1.82, 2.24) is 0 Å². The molecule has 30 heavy (non-hydrogen) atoms. The molecule has 7 atom stereocenters. The number of epoxide rings is 1. The first kappa shape index (κ1) is 20.8. The largest absolute Gasteiger partial charge is 0.462 e. The van der Waals surface area contributed by atoms with Crippen LogP contribution in [0, 0.1) is 17.8 Å². The molecule has 4 aliphatic rings. The average molecular weight is 418 g/mol. The Morgan fingerprint density at radius 2 is 2.07 bits per heavy atom. The first-order valence-electron chi connectivity index (χ1n) is 10.1. The van der Waals surface area contributed by atoms with Gasteiger partial charge in [0.05, 0.1) is 18.6 Å². The molecule has 1 N–H and O–H groups in total. The maximum absolute atomic E-state index is 12.7. The number of ether oxygens (including phenoxy) is 4. The van der Waals surface area contributed by atoms with Crippen LogP contribution in [0.2, 0.25) is 0 Å². The topological polar surface area (TPSA) is 112 Å². The van der Waals surface area contributed by atoms with E-state index >= 15 is 0 Å². The van der Waals surface area contributed by atoms with Gasteiger partial charge in [0, 0.05) is 36.3 Å². The van der Waals surface area contributed by atoms with Crippen molar-refractivity contribution in [2.24, 2.45) is 17.8 Å². The van der Waals surface area contributed by atoms with E-state index < -0.39 is 47.7 Å². The zero-order valence-corrected chi connectivity index (χ0v) is 17.3. The summed E-state index contributed by atoms with van der Waals surface area (Å²) in [6, 6.07) is 0. The van der Waals surface area contributed by atoms with Crippen LogP contribution >= 0.6 is 0 Å². The molecule has 1 saturated carbocycles. The molecule has 8 nitrogen and oxygen atoms in total. The summed E-state index contributed by atoms with van der Waals surface area (Å²) >= 11 is 0. The van der Waals surface area contributed by atoms with Gasteiger partial charge in [-0.3, -0.25) is 4.79 Å². The van der Waals surface area contributed by atoms with Gasteiger partial charge in [-0.1, -0.05) is 18.2 Å². The van der Waals surface area contributed by atoms with Crippen LogP contribution in [0.1, 0.15) is 27.2 Å². The summed E-state index contributed by atoms with van der Waals surface area (Å²) in [6.45, 7) is 9.07. The summed E-state index contributed by atoms with van der Waals surface area (Å²) in [6.07, 6.45) is 1.62. The molecule has 2 saturated heterocycles. The molecule has 0 bridgehead atoms. The van der Waals surface area contributed by atoms with Crippen LogP contribution in [0.4, 0.5) is 0 Å². The Balaban J connectivity index is 1.61. The number of rotatable bonds is 4. The summed E-state index contributed by atoms with van der Waals surface area (Å²) < 4.78 is 22.1. The van der Waals surface area contributed by atoms with Gasteiger partial charge in [-0.15, -0.1) is 0 Å². The summed E-state index contributed by atoms with van der Waals surface area (Å²) in [4.78, 5) is 35.9. The van der Waals surface area contributed by atoms with Gasteiger partial charge < -0.3 is 24.1 Å². The minimum Gasteiger partial charge on any atom is -0.462 e. The molecule has 0 radical (unpaired) electrons. The van der Waals surface area contributed by atoms with Crippen LogP contribution in [0.5, 0.6) is 0 Å². The number of aliphatic hydroxyl groups is 1. The van der Waals surface area contributed by atoms with Crippen molar-refractivity contribution in [1.29, 1.82) is 0 Å². The SMILES string of the molecule is C=C1C(=O)O[C@H]2[C@H]3C(C)=C[C@H](O)[C@H]3[C@@]3(CO3)C[C@@H](OC(=O)/C(C)=C\COC(C)=O)[C@@H]12. The number of carbonyl (C=O) groups excluding carboxylic acids is 3. The Labute approximate surface area is 174 Å². The Morgan fingerprint density at radius 3 is 2.70 bits per heavy atom. The molecule has 0 amide bonds. The summed E-state index contributed by atoms with van der Waals surface area (Å²) in [5.74, 6) is -2.54. The monoisotopic (exact) mass is 418 g/mol. The number of aliphatic hydroxyl groups excluding tert-OH is 1. The predicted molar refractivity (Wildman–Crippen MR) is 103 cm³/mol. The lowest BCUT2D eigenvalue weighted by atomic mass is 9.77. The van der Waals surface area contributed by atoms with Crippen molar-refractivity contribution in [3.63, 3.8) is 0 Å². The Kier molecular flexibility index (Phi) is 5.10. The molecule has 2 heterocycles. The van der Waals surface area contributed by atoms with Crippen LogP contribution in [0.25, 0.3) is 0 Å². The lowest BCUT2D eigenvalue weighted by Crippen LogP contribution is -2.39. The van der Waals surface area contributed by atoms with E-state index in [1.807, 2.05) is 6.92 Å². The van der Waals surface area contributed by atoms with Gasteiger partial charge in [0.15, 0.2) is 0 Å². The van der Waals surface area contributed by atoms with E-state index in [-0.39, 0.29) is 29.6 Å². The van der Waals surface area contributed by atoms with Crippen molar-refractivity contribution < 1.29 is 38.4 Å². The summed E-state index contributed by atoms with van der Waals surface area (Å²) in [7, 11) is 0. The van der Waals surface area contributed by atoms with Gasteiger partial charge in [-0.2, -0.15) is 0 Å². The van der Waals surface area contributed by atoms with E-state index in [9.17, 15) is 19.5 Å². The molecule has 0 aromatic carbocycles. The Hall–Kier alpha value is -2.45. The smallest absolute Gasteiger partial charge is 0.334 e. The van der Waals surface area contributed by atoms with E-state index in [2.05, 4.69) is 6.58 Å². The van der Waals surface area contributed by atoms with Gasteiger partial charge in [0.2, 0.25) is 0 Å². The van der Waals surface area contributed by atoms with Gasteiger partial charge in [-0.05, 0) is 19.9 Å².